The first kappa shape index (κ1) is 10.5. The summed E-state index contributed by atoms with van der Waals surface area (Å²) in [5, 5.41) is 3.57. The zero-order chi connectivity index (χ0) is 10.1. The topological polar surface area (TPSA) is 0 Å². The van der Waals surface area contributed by atoms with Crippen LogP contribution in [0.25, 0.3) is 10.1 Å². The molecule has 2 aromatic rings. The van der Waals surface area contributed by atoms with Crippen molar-refractivity contribution < 1.29 is 0 Å². The van der Waals surface area contributed by atoms with Crippen LogP contribution in [-0.2, 0) is 12.3 Å². The average Bonchev–Trinajstić information content (AvgIpc) is 2.62. The van der Waals surface area contributed by atoms with E-state index < -0.39 is 0 Å². The Morgan fingerprint density at radius 1 is 1.36 bits per heavy atom. The van der Waals surface area contributed by atoms with Gasteiger partial charge in [-0.1, -0.05) is 13.0 Å². The van der Waals surface area contributed by atoms with Gasteiger partial charge in [-0.05, 0) is 44.9 Å². The molecule has 0 N–H and O–H groups in total. The minimum atomic E-state index is 0.565. The van der Waals surface area contributed by atoms with Crippen LogP contribution in [0, 0.1) is 0 Å². The summed E-state index contributed by atoms with van der Waals surface area (Å²) in [6.45, 7) is 2.18. The van der Waals surface area contributed by atoms with Crippen LogP contribution in [0.15, 0.2) is 22.0 Å². The van der Waals surface area contributed by atoms with Crippen molar-refractivity contribution in [1.29, 1.82) is 0 Å². The molecular weight excluding hydrogens is 280 g/mol. The maximum atomic E-state index is 5.87. The second kappa shape index (κ2) is 4.21. The molecule has 2 rings (SSSR count). The van der Waals surface area contributed by atoms with Crippen LogP contribution < -0.4 is 0 Å². The normalized spacial score (nSPS) is 11.1. The first-order chi connectivity index (χ1) is 6.77. The summed E-state index contributed by atoms with van der Waals surface area (Å²) >= 11 is 11.3. The molecule has 0 aliphatic heterocycles. The van der Waals surface area contributed by atoms with Gasteiger partial charge in [-0.15, -0.1) is 22.9 Å². The number of fused-ring (bicyclic) bond motifs is 1. The summed E-state index contributed by atoms with van der Waals surface area (Å²) in [5.74, 6) is 0.565. The number of alkyl halides is 1. The van der Waals surface area contributed by atoms with Crippen LogP contribution in [0.1, 0.15) is 18.1 Å². The van der Waals surface area contributed by atoms with Crippen LogP contribution >= 0.6 is 38.9 Å². The van der Waals surface area contributed by atoms with Gasteiger partial charge in [0.2, 0.25) is 0 Å². The molecular formula is C11H10BrClS. The standard InChI is InChI=1S/C11H10BrClS/c1-2-7-6-14-9-4-3-8(5-13)11(12)10(7)9/h3-4,6H,2,5H2,1H3. The van der Waals surface area contributed by atoms with Crippen molar-refractivity contribution in [3.63, 3.8) is 0 Å². The molecule has 0 saturated heterocycles. The molecule has 0 aliphatic carbocycles. The summed E-state index contributed by atoms with van der Waals surface area (Å²) in [4.78, 5) is 0. The minimum Gasteiger partial charge on any atom is -0.143 e. The molecule has 0 atom stereocenters. The predicted molar refractivity (Wildman–Crippen MR) is 68.5 cm³/mol. The van der Waals surface area contributed by atoms with E-state index >= 15 is 0 Å². The van der Waals surface area contributed by atoms with Crippen molar-refractivity contribution in [3.8, 4) is 0 Å². The van der Waals surface area contributed by atoms with E-state index in [1.54, 1.807) is 11.3 Å². The molecule has 0 nitrogen and oxygen atoms in total. The minimum absolute atomic E-state index is 0.565. The maximum absolute atomic E-state index is 5.87. The third-order valence-corrected chi connectivity index (χ3v) is 4.55. The number of rotatable bonds is 2. The second-order valence-corrected chi connectivity index (χ2v) is 5.13. The number of benzene rings is 1. The molecule has 1 heterocycles. The number of hydrogen-bond donors (Lipinski definition) is 0. The van der Waals surface area contributed by atoms with Gasteiger partial charge in [0.1, 0.15) is 0 Å². The van der Waals surface area contributed by atoms with Crippen molar-refractivity contribution in [2.75, 3.05) is 0 Å². The molecule has 0 radical (unpaired) electrons. The lowest BCUT2D eigenvalue weighted by atomic mass is 10.1. The van der Waals surface area contributed by atoms with Crippen LogP contribution in [0.5, 0.6) is 0 Å². The smallest absolute Gasteiger partial charge is 0.0485 e. The van der Waals surface area contributed by atoms with E-state index in [1.165, 1.54) is 25.7 Å². The molecule has 0 saturated carbocycles. The van der Waals surface area contributed by atoms with Gasteiger partial charge in [-0.3, -0.25) is 0 Å². The van der Waals surface area contributed by atoms with Crippen LogP contribution in [0.2, 0.25) is 0 Å². The lowest BCUT2D eigenvalue weighted by Gasteiger charge is -2.03. The van der Waals surface area contributed by atoms with Crippen molar-refractivity contribution in [2.24, 2.45) is 0 Å². The van der Waals surface area contributed by atoms with Gasteiger partial charge in [0, 0.05) is 20.4 Å². The summed E-state index contributed by atoms with van der Waals surface area (Å²) in [5.41, 5.74) is 2.58. The Hall–Kier alpha value is -0.0500. The van der Waals surface area contributed by atoms with Gasteiger partial charge in [0.25, 0.3) is 0 Å². The van der Waals surface area contributed by atoms with Crippen LogP contribution in [0.3, 0.4) is 0 Å². The SMILES string of the molecule is CCc1csc2ccc(CCl)c(Br)c12. The summed E-state index contributed by atoms with van der Waals surface area (Å²) < 4.78 is 2.51. The first-order valence-corrected chi connectivity index (χ1v) is 6.72. The van der Waals surface area contributed by atoms with Gasteiger partial charge in [0.15, 0.2) is 0 Å². The molecule has 0 amide bonds. The van der Waals surface area contributed by atoms with E-state index in [2.05, 4.69) is 40.4 Å². The summed E-state index contributed by atoms with van der Waals surface area (Å²) in [6.07, 6.45) is 1.07. The second-order valence-electron chi connectivity index (χ2n) is 3.16. The van der Waals surface area contributed by atoms with E-state index in [0.717, 1.165) is 6.42 Å². The molecule has 0 bridgehead atoms. The number of hydrogen-bond acceptors (Lipinski definition) is 1. The van der Waals surface area contributed by atoms with Gasteiger partial charge >= 0.3 is 0 Å². The number of thiophene rings is 1. The summed E-state index contributed by atoms with van der Waals surface area (Å²) in [6, 6.07) is 4.25. The molecule has 0 spiro atoms. The van der Waals surface area contributed by atoms with E-state index in [4.69, 9.17) is 11.6 Å². The maximum Gasteiger partial charge on any atom is 0.0485 e. The lowest BCUT2D eigenvalue weighted by molar-refractivity contribution is 1.17. The lowest BCUT2D eigenvalue weighted by Crippen LogP contribution is -1.83. The highest BCUT2D eigenvalue weighted by Crippen LogP contribution is 2.35. The van der Waals surface area contributed by atoms with E-state index in [0.29, 0.717) is 5.88 Å². The summed E-state index contributed by atoms with van der Waals surface area (Å²) in [7, 11) is 0. The Morgan fingerprint density at radius 3 is 2.79 bits per heavy atom. The fourth-order valence-corrected chi connectivity index (χ4v) is 3.86. The largest absolute Gasteiger partial charge is 0.143 e. The van der Waals surface area contributed by atoms with E-state index in [-0.39, 0.29) is 0 Å². The average molecular weight is 290 g/mol. The number of halogens is 2. The Bertz CT molecular complexity index is 462. The van der Waals surface area contributed by atoms with Crippen molar-refractivity contribution in [1.82, 2.24) is 0 Å². The highest BCUT2D eigenvalue weighted by Gasteiger charge is 2.09. The number of aryl methyl sites for hydroxylation is 1. The Balaban J connectivity index is 2.77. The van der Waals surface area contributed by atoms with E-state index in [9.17, 15) is 0 Å². The monoisotopic (exact) mass is 288 g/mol. The Morgan fingerprint density at radius 2 is 2.14 bits per heavy atom. The predicted octanol–water partition coefficient (Wildman–Crippen LogP) is 4.97. The fraction of sp³-hybridized carbons (Fsp3) is 0.273. The highest BCUT2D eigenvalue weighted by atomic mass is 79.9. The van der Waals surface area contributed by atoms with Crippen LogP contribution in [0.4, 0.5) is 0 Å². The molecule has 1 aromatic carbocycles. The molecule has 0 fully saturated rings. The van der Waals surface area contributed by atoms with E-state index in [1.807, 2.05) is 0 Å². The van der Waals surface area contributed by atoms with Gasteiger partial charge in [-0.25, -0.2) is 0 Å². The zero-order valence-electron chi connectivity index (χ0n) is 7.81. The molecule has 74 valence electrons. The third kappa shape index (κ3) is 1.60. The fourth-order valence-electron chi connectivity index (χ4n) is 1.56. The van der Waals surface area contributed by atoms with Crippen molar-refractivity contribution >= 4 is 49.0 Å². The third-order valence-electron chi connectivity index (χ3n) is 2.36. The Kier molecular flexibility index (Phi) is 3.15. The highest BCUT2D eigenvalue weighted by molar-refractivity contribution is 9.10. The van der Waals surface area contributed by atoms with Crippen molar-refractivity contribution in [3.05, 3.63) is 33.1 Å². The molecule has 3 heteroatoms. The van der Waals surface area contributed by atoms with Crippen molar-refractivity contribution in [2.45, 2.75) is 19.2 Å². The Labute approximate surface area is 101 Å². The molecule has 1 aromatic heterocycles. The first-order valence-electron chi connectivity index (χ1n) is 4.51. The quantitative estimate of drug-likeness (QED) is 0.685. The van der Waals surface area contributed by atoms with Gasteiger partial charge in [-0.2, -0.15) is 0 Å². The van der Waals surface area contributed by atoms with Gasteiger partial charge < -0.3 is 0 Å². The molecule has 0 unspecified atom stereocenters. The molecule has 14 heavy (non-hydrogen) atoms. The molecule has 0 aliphatic rings. The van der Waals surface area contributed by atoms with Gasteiger partial charge in [0.05, 0.1) is 0 Å². The zero-order valence-corrected chi connectivity index (χ0v) is 11.0. The van der Waals surface area contributed by atoms with Crippen LogP contribution in [-0.4, -0.2) is 0 Å².